The van der Waals surface area contributed by atoms with Crippen molar-refractivity contribution in [2.75, 3.05) is 44.2 Å². The molecular formula is C22H24FN3O2. The average Bonchev–Trinajstić information content (AvgIpc) is 3.09. The average molecular weight is 381 g/mol. The van der Waals surface area contributed by atoms with Gasteiger partial charge in [-0.05, 0) is 17.7 Å². The van der Waals surface area contributed by atoms with Crippen LogP contribution in [-0.4, -0.2) is 60.9 Å². The van der Waals surface area contributed by atoms with Gasteiger partial charge in [-0.3, -0.25) is 9.59 Å². The van der Waals surface area contributed by atoms with Crippen molar-refractivity contribution in [3.8, 4) is 0 Å². The summed E-state index contributed by atoms with van der Waals surface area (Å²) in [6.45, 7) is 2.97. The van der Waals surface area contributed by atoms with Gasteiger partial charge < -0.3 is 14.7 Å². The van der Waals surface area contributed by atoms with Gasteiger partial charge in [-0.1, -0.05) is 42.5 Å². The van der Waals surface area contributed by atoms with Crippen LogP contribution in [0, 0.1) is 5.82 Å². The van der Waals surface area contributed by atoms with Gasteiger partial charge in [0.2, 0.25) is 11.8 Å². The zero-order chi connectivity index (χ0) is 19.5. The smallest absolute Gasteiger partial charge is 0.242 e. The van der Waals surface area contributed by atoms with Crippen LogP contribution >= 0.6 is 0 Å². The highest BCUT2D eigenvalue weighted by molar-refractivity contribution is 5.86. The summed E-state index contributed by atoms with van der Waals surface area (Å²) in [7, 11) is 0. The van der Waals surface area contributed by atoms with Crippen molar-refractivity contribution in [2.24, 2.45) is 0 Å². The molecule has 4 rings (SSSR count). The number of hydrogen-bond acceptors (Lipinski definition) is 3. The van der Waals surface area contributed by atoms with E-state index in [2.05, 4.69) is 0 Å². The molecule has 0 saturated carbocycles. The van der Waals surface area contributed by atoms with Gasteiger partial charge in [0.25, 0.3) is 0 Å². The molecule has 146 valence electrons. The SMILES string of the molecule is O=C(CN1CC(c2ccccc2)CC1=O)N1CCN(c2ccccc2F)CC1. The first-order valence-corrected chi connectivity index (χ1v) is 9.72. The van der Waals surface area contributed by atoms with Crippen LogP contribution in [-0.2, 0) is 9.59 Å². The van der Waals surface area contributed by atoms with Crippen molar-refractivity contribution in [1.29, 1.82) is 0 Å². The summed E-state index contributed by atoms with van der Waals surface area (Å²) >= 11 is 0. The first-order chi connectivity index (χ1) is 13.6. The van der Waals surface area contributed by atoms with Crippen molar-refractivity contribution in [2.45, 2.75) is 12.3 Å². The number of rotatable bonds is 4. The molecule has 0 spiro atoms. The van der Waals surface area contributed by atoms with E-state index in [0.717, 1.165) is 5.56 Å². The number of para-hydroxylation sites is 1. The Balaban J connectivity index is 1.31. The van der Waals surface area contributed by atoms with E-state index in [1.165, 1.54) is 6.07 Å². The molecule has 2 fully saturated rings. The molecule has 2 heterocycles. The van der Waals surface area contributed by atoms with Crippen LogP contribution in [0.5, 0.6) is 0 Å². The van der Waals surface area contributed by atoms with E-state index in [9.17, 15) is 14.0 Å². The Morgan fingerprint density at radius 1 is 0.964 bits per heavy atom. The predicted molar refractivity (Wildman–Crippen MR) is 106 cm³/mol. The molecule has 0 radical (unpaired) electrons. The van der Waals surface area contributed by atoms with Crippen molar-refractivity contribution >= 4 is 17.5 Å². The van der Waals surface area contributed by atoms with Crippen LogP contribution in [0.2, 0.25) is 0 Å². The van der Waals surface area contributed by atoms with E-state index in [4.69, 9.17) is 0 Å². The Morgan fingerprint density at radius 2 is 1.64 bits per heavy atom. The number of piperazine rings is 1. The molecule has 0 bridgehead atoms. The number of nitrogens with zero attached hydrogens (tertiary/aromatic N) is 3. The van der Waals surface area contributed by atoms with Gasteiger partial charge in [0.1, 0.15) is 5.82 Å². The molecule has 28 heavy (non-hydrogen) atoms. The topological polar surface area (TPSA) is 43.9 Å². The molecule has 0 N–H and O–H groups in total. The molecule has 1 atom stereocenters. The zero-order valence-electron chi connectivity index (χ0n) is 15.8. The van der Waals surface area contributed by atoms with Crippen LogP contribution in [0.1, 0.15) is 17.9 Å². The van der Waals surface area contributed by atoms with Gasteiger partial charge in [0.15, 0.2) is 0 Å². The zero-order valence-corrected chi connectivity index (χ0v) is 15.8. The highest BCUT2D eigenvalue weighted by atomic mass is 19.1. The first-order valence-electron chi connectivity index (χ1n) is 9.72. The minimum Gasteiger partial charge on any atom is -0.366 e. The van der Waals surface area contributed by atoms with Crippen LogP contribution in [0.3, 0.4) is 0 Å². The van der Waals surface area contributed by atoms with Crippen molar-refractivity contribution in [1.82, 2.24) is 9.80 Å². The summed E-state index contributed by atoms with van der Waals surface area (Å²) in [6, 6.07) is 16.7. The van der Waals surface area contributed by atoms with Gasteiger partial charge in [0.05, 0.1) is 12.2 Å². The maximum atomic E-state index is 14.0. The second-order valence-electron chi connectivity index (χ2n) is 7.41. The molecule has 2 aliphatic rings. The van der Waals surface area contributed by atoms with Gasteiger partial charge >= 0.3 is 0 Å². The Hall–Kier alpha value is -2.89. The number of halogens is 1. The number of carbonyl (C=O) groups is 2. The minimum atomic E-state index is -0.239. The highest BCUT2D eigenvalue weighted by Gasteiger charge is 2.33. The van der Waals surface area contributed by atoms with Crippen LogP contribution in [0.15, 0.2) is 54.6 Å². The largest absolute Gasteiger partial charge is 0.366 e. The summed E-state index contributed by atoms with van der Waals surface area (Å²) in [6.07, 6.45) is 0.457. The van der Waals surface area contributed by atoms with E-state index < -0.39 is 0 Å². The number of benzene rings is 2. The molecular weight excluding hydrogens is 357 g/mol. The van der Waals surface area contributed by atoms with E-state index in [1.54, 1.807) is 21.9 Å². The third kappa shape index (κ3) is 3.86. The molecule has 2 aromatic rings. The van der Waals surface area contributed by atoms with Crippen molar-refractivity contribution in [3.05, 3.63) is 66.0 Å². The molecule has 6 heteroatoms. The quantitative estimate of drug-likeness (QED) is 0.817. The molecule has 2 aromatic carbocycles. The number of anilines is 1. The lowest BCUT2D eigenvalue weighted by atomic mass is 9.99. The van der Waals surface area contributed by atoms with Crippen molar-refractivity contribution in [3.63, 3.8) is 0 Å². The minimum absolute atomic E-state index is 0.0322. The first kappa shape index (κ1) is 18.5. The molecule has 2 saturated heterocycles. The number of hydrogen-bond donors (Lipinski definition) is 0. The second-order valence-corrected chi connectivity index (χ2v) is 7.41. The van der Waals surface area contributed by atoms with Gasteiger partial charge in [-0.15, -0.1) is 0 Å². The Bertz CT molecular complexity index is 850. The maximum Gasteiger partial charge on any atom is 0.242 e. The number of likely N-dealkylation sites (tertiary alicyclic amines) is 1. The van der Waals surface area contributed by atoms with Crippen LogP contribution < -0.4 is 4.90 Å². The molecule has 0 aliphatic carbocycles. The highest BCUT2D eigenvalue weighted by Crippen LogP contribution is 2.28. The fraction of sp³-hybridized carbons (Fsp3) is 0.364. The fourth-order valence-corrected chi connectivity index (χ4v) is 4.04. The van der Waals surface area contributed by atoms with E-state index in [1.807, 2.05) is 41.3 Å². The molecule has 5 nitrogen and oxygen atoms in total. The van der Waals surface area contributed by atoms with Crippen LogP contribution in [0.4, 0.5) is 10.1 Å². The number of carbonyl (C=O) groups excluding carboxylic acids is 2. The monoisotopic (exact) mass is 381 g/mol. The van der Waals surface area contributed by atoms with E-state index in [0.29, 0.717) is 44.8 Å². The predicted octanol–water partition coefficient (Wildman–Crippen LogP) is 2.49. The van der Waals surface area contributed by atoms with E-state index in [-0.39, 0.29) is 30.1 Å². The van der Waals surface area contributed by atoms with Gasteiger partial charge in [-0.2, -0.15) is 0 Å². The van der Waals surface area contributed by atoms with E-state index >= 15 is 0 Å². The summed E-state index contributed by atoms with van der Waals surface area (Å²) in [5, 5.41) is 0. The molecule has 0 aromatic heterocycles. The summed E-state index contributed by atoms with van der Waals surface area (Å²) < 4.78 is 14.0. The van der Waals surface area contributed by atoms with Gasteiger partial charge in [0, 0.05) is 45.1 Å². The lowest BCUT2D eigenvalue weighted by Gasteiger charge is -2.36. The third-order valence-corrected chi connectivity index (χ3v) is 5.64. The summed E-state index contributed by atoms with van der Waals surface area (Å²) in [5.41, 5.74) is 1.72. The fourth-order valence-electron chi connectivity index (χ4n) is 4.04. The second kappa shape index (κ2) is 8.00. The molecule has 2 amide bonds. The Kier molecular flexibility index (Phi) is 5.28. The Morgan fingerprint density at radius 3 is 2.36 bits per heavy atom. The third-order valence-electron chi connectivity index (χ3n) is 5.64. The van der Waals surface area contributed by atoms with Gasteiger partial charge in [-0.25, -0.2) is 4.39 Å². The maximum absolute atomic E-state index is 14.0. The lowest BCUT2D eigenvalue weighted by Crippen LogP contribution is -2.51. The lowest BCUT2D eigenvalue weighted by molar-refractivity contribution is -0.138. The molecule has 2 aliphatic heterocycles. The summed E-state index contributed by atoms with van der Waals surface area (Å²) in [4.78, 5) is 30.5. The molecule has 1 unspecified atom stereocenters. The number of amides is 2. The van der Waals surface area contributed by atoms with Crippen molar-refractivity contribution < 1.29 is 14.0 Å². The summed E-state index contributed by atoms with van der Waals surface area (Å²) in [5.74, 6) is -0.0845. The normalized spacial score (nSPS) is 20.0. The van der Waals surface area contributed by atoms with Crippen LogP contribution in [0.25, 0.3) is 0 Å². The standard InChI is InChI=1S/C22H24FN3O2/c23-19-8-4-5-9-20(19)24-10-12-25(13-11-24)22(28)16-26-15-18(14-21(26)27)17-6-2-1-3-7-17/h1-9,18H,10-16H2. The Labute approximate surface area is 164 Å².